The molecule has 0 aliphatic heterocycles. The second kappa shape index (κ2) is 5.17. The molecule has 0 bridgehead atoms. The number of esters is 1. The maximum atomic E-state index is 11.6. The Labute approximate surface area is 98.2 Å². The number of carbonyl (C=O) groups is 1. The molecular formula is C13H24O3. The highest BCUT2D eigenvalue weighted by Gasteiger charge is 2.37. The number of carbonyl (C=O) groups excluding carboxylic acids is 1. The lowest BCUT2D eigenvalue weighted by molar-refractivity contribution is -0.155. The smallest absolute Gasteiger partial charge is 0.308 e. The van der Waals surface area contributed by atoms with Gasteiger partial charge in [0.15, 0.2) is 0 Å². The maximum absolute atomic E-state index is 11.6. The first-order valence-corrected chi connectivity index (χ1v) is 6.28. The van der Waals surface area contributed by atoms with Crippen LogP contribution < -0.4 is 0 Å². The van der Waals surface area contributed by atoms with Crippen molar-refractivity contribution in [1.82, 2.24) is 0 Å². The molecule has 1 rings (SSSR count). The predicted octanol–water partition coefficient (Wildman–Crippen LogP) is 2.52. The quantitative estimate of drug-likeness (QED) is 0.752. The van der Waals surface area contributed by atoms with E-state index in [1.54, 1.807) is 0 Å². The van der Waals surface area contributed by atoms with Crippen LogP contribution in [0.25, 0.3) is 0 Å². The van der Waals surface area contributed by atoms with Crippen LogP contribution in [0.3, 0.4) is 0 Å². The molecule has 1 saturated carbocycles. The summed E-state index contributed by atoms with van der Waals surface area (Å²) >= 11 is 0. The van der Waals surface area contributed by atoms with E-state index < -0.39 is 5.60 Å². The van der Waals surface area contributed by atoms with Crippen LogP contribution in [0.5, 0.6) is 0 Å². The standard InChI is InChI=1S/C13H24O3/c1-5-9(2)12(14)16-10(3)11-6-7-13(4,15)8-11/h9-11,15H,5-8H2,1-4H3. The largest absolute Gasteiger partial charge is 0.462 e. The molecule has 1 aliphatic rings. The zero-order valence-corrected chi connectivity index (χ0v) is 10.8. The maximum Gasteiger partial charge on any atom is 0.308 e. The Kier molecular flexibility index (Phi) is 4.36. The van der Waals surface area contributed by atoms with Gasteiger partial charge in [-0.3, -0.25) is 4.79 Å². The second-order valence-corrected chi connectivity index (χ2v) is 5.45. The van der Waals surface area contributed by atoms with Crippen LogP contribution in [-0.4, -0.2) is 22.8 Å². The van der Waals surface area contributed by atoms with Gasteiger partial charge in [-0.15, -0.1) is 0 Å². The molecule has 0 heterocycles. The van der Waals surface area contributed by atoms with E-state index in [2.05, 4.69) is 0 Å². The SMILES string of the molecule is CCC(C)C(=O)OC(C)C1CCC(C)(O)C1. The van der Waals surface area contributed by atoms with Crippen LogP contribution in [0.15, 0.2) is 0 Å². The third-order valence-corrected chi connectivity index (χ3v) is 3.74. The Balaban J connectivity index is 2.42. The fraction of sp³-hybridized carbons (Fsp3) is 0.923. The first-order chi connectivity index (χ1) is 7.35. The van der Waals surface area contributed by atoms with Crippen molar-refractivity contribution in [1.29, 1.82) is 0 Å². The van der Waals surface area contributed by atoms with E-state index in [9.17, 15) is 9.90 Å². The van der Waals surface area contributed by atoms with E-state index in [0.717, 1.165) is 25.7 Å². The lowest BCUT2D eigenvalue weighted by Gasteiger charge is -2.22. The molecule has 0 aromatic rings. The molecular weight excluding hydrogens is 204 g/mol. The highest BCUT2D eigenvalue weighted by molar-refractivity contribution is 5.72. The molecule has 1 aliphatic carbocycles. The Bertz CT molecular complexity index is 248. The summed E-state index contributed by atoms with van der Waals surface area (Å²) in [6.45, 7) is 7.67. The van der Waals surface area contributed by atoms with Crippen molar-refractivity contribution in [3.8, 4) is 0 Å². The number of aliphatic hydroxyl groups is 1. The summed E-state index contributed by atoms with van der Waals surface area (Å²) in [6.07, 6.45) is 3.23. The van der Waals surface area contributed by atoms with Crippen molar-refractivity contribution in [3.63, 3.8) is 0 Å². The number of hydrogen-bond acceptors (Lipinski definition) is 3. The molecule has 3 nitrogen and oxygen atoms in total. The molecule has 3 heteroatoms. The van der Waals surface area contributed by atoms with Gasteiger partial charge >= 0.3 is 5.97 Å². The monoisotopic (exact) mass is 228 g/mol. The molecule has 0 aromatic heterocycles. The van der Waals surface area contributed by atoms with Crippen molar-refractivity contribution in [2.45, 2.75) is 65.1 Å². The molecule has 1 fully saturated rings. The average Bonchev–Trinajstić information content (AvgIpc) is 2.57. The molecule has 4 unspecified atom stereocenters. The zero-order chi connectivity index (χ0) is 12.3. The summed E-state index contributed by atoms with van der Waals surface area (Å²) in [5.74, 6) is 0.175. The van der Waals surface area contributed by atoms with Gasteiger partial charge in [-0.1, -0.05) is 13.8 Å². The van der Waals surface area contributed by atoms with Crippen molar-refractivity contribution >= 4 is 5.97 Å². The molecule has 4 atom stereocenters. The van der Waals surface area contributed by atoms with Crippen LogP contribution in [0.2, 0.25) is 0 Å². The van der Waals surface area contributed by atoms with Crippen molar-refractivity contribution < 1.29 is 14.6 Å². The highest BCUT2D eigenvalue weighted by atomic mass is 16.5. The Morgan fingerprint density at radius 3 is 2.62 bits per heavy atom. The second-order valence-electron chi connectivity index (χ2n) is 5.45. The minimum atomic E-state index is -0.568. The molecule has 0 amide bonds. The van der Waals surface area contributed by atoms with E-state index in [1.807, 2.05) is 27.7 Å². The zero-order valence-electron chi connectivity index (χ0n) is 10.8. The Hall–Kier alpha value is -0.570. The Morgan fingerprint density at radius 1 is 1.56 bits per heavy atom. The molecule has 0 saturated heterocycles. The Morgan fingerprint density at radius 2 is 2.19 bits per heavy atom. The van der Waals surface area contributed by atoms with E-state index in [1.165, 1.54) is 0 Å². The van der Waals surface area contributed by atoms with Gasteiger partial charge in [0, 0.05) is 0 Å². The van der Waals surface area contributed by atoms with Crippen LogP contribution in [-0.2, 0) is 9.53 Å². The number of hydrogen-bond donors (Lipinski definition) is 1. The fourth-order valence-electron chi connectivity index (χ4n) is 2.23. The molecule has 16 heavy (non-hydrogen) atoms. The molecule has 0 spiro atoms. The van der Waals surface area contributed by atoms with Gasteiger partial charge < -0.3 is 9.84 Å². The fourth-order valence-corrected chi connectivity index (χ4v) is 2.23. The normalized spacial score (nSPS) is 33.4. The van der Waals surface area contributed by atoms with Crippen LogP contribution in [0, 0.1) is 11.8 Å². The number of ether oxygens (including phenoxy) is 1. The molecule has 0 aromatic carbocycles. The first-order valence-electron chi connectivity index (χ1n) is 6.28. The summed E-state index contributed by atoms with van der Waals surface area (Å²) in [6, 6.07) is 0. The third-order valence-electron chi connectivity index (χ3n) is 3.74. The van der Waals surface area contributed by atoms with Crippen molar-refractivity contribution in [2.75, 3.05) is 0 Å². The summed E-state index contributed by atoms with van der Waals surface area (Å²) in [5.41, 5.74) is -0.568. The van der Waals surface area contributed by atoms with Gasteiger partial charge in [0.1, 0.15) is 6.10 Å². The van der Waals surface area contributed by atoms with Gasteiger partial charge in [0.2, 0.25) is 0 Å². The lowest BCUT2D eigenvalue weighted by Crippen LogP contribution is -2.27. The van der Waals surface area contributed by atoms with Gasteiger partial charge in [-0.2, -0.15) is 0 Å². The van der Waals surface area contributed by atoms with Gasteiger partial charge in [0.25, 0.3) is 0 Å². The van der Waals surface area contributed by atoms with Crippen LogP contribution in [0.4, 0.5) is 0 Å². The minimum Gasteiger partial charge on any atom is -0.462 e. The van der Waals surface area contributed by atoms with Crippen molar-refractivity contribution in [2.24, 2.45) is 11.8 Å². The minimum absolute atomic E-state index is 0.0237. The summed E-state index contributed by atoms with van der Waals surface area (Å²) in [7, 11) is 0. The highest BCUT2D eigenvalue weighted by Crippen LogP contribution is 2.37. The molecule has 94 valence electrons. The van der Waals surface area contributed by atoms with E-state index in [4.69, 9.17) is 4.74 Å². The lowest BCUT2D eigenvalue weighted by atomic mass is 9.98. The summed E-state index contributed by atoms with van der Waals surface area (Å²) < 4.78 is 5.43. The molecule has 1 N–H and O–H groups in total. The predicted molar refractivity (Wildman–Crippen MR) is 63.0 cm³/mol. The van der Waals surface area contributed by atoms with Gasteiger partial charge in [-0.05, 0) is 45.4 Å². The number of rotatable bonds is 4. The van der Waals surface area contributed by atoms with E-state index >= 15 is 0 Å². The third kappa shape index (κ3) is 3.48. The summed E-state index contributed by atoms with van der Waals surface area (Å²) in [5, 5.41) is 9.86. The van der Waals surface area contributed by atoms with Crippen LogP contribution in [0.1, 0.15) is 53.4 Å². The van der Waals surface area contributed by atoms with Crippen LogP contribution >= 0.6 is 0 Å². The first kappa shape index (κ1) is 13.5. The van der Waals surface area contributed by atoms with Gasteiger partial charge in [0.05, 0.1) is 11.5 Å². The average molecular weight is 228 g/mol. The van der Waals surface area contributed by atoms with Crippen molar-refractivity contribution in [3.05, 3.63) is 0 Å². The topological polar surface area (TPSA) is 46.5 Å². The van der Waals surface area contributed by atoms with E-state index in [-0.39, 0.29) is 18.0 Å². The summed E-state index contributed by atoms with van der Waals surface area (Å²) in [4.78, 5) is 11.6. The molecule has 0 radical (unpaired) electrons. The van der Waals surface area contributed by atoms with Gasteiger partial charge in [-0.25, -0.2) is 0 Å². The van der Waals surface area contributed by atoms with E-state index in [0.29, 0.717) is 5.92 Å².